The number of carbonyl (C=O) groups is 1. The fraction of sp³-hybridized carbons (Fsp3) is 0.333. The Hall–Kier alpha value is -2.40. The summed E-state index contributed by atoms with van der Waals surface area (Å²) in [5.41, 5.74) is 3.99. The molecule has 3 rings (SSSR count). The van der Waals surface area contributed by atoms with Crippen LogP contribution in [0.25, 0.3) is 0 Å². The van der Waals surface area contributed by atoms with E-state index in [1.54, 1.807) is 0 Å². The monoisotopic (exact) mass is 368 g/mol. The van der Waals surface area contributed by atoms with Gasteiger partial charge in [0, 0.05) is 24.3 Å². The van der Waals surface area contributed by atoms with E-state index in [1.807, 2.05) is 56.3 Å². The molecule has 0 unspecified atom stereocenters. The molecule has 4 nitrogen and oxygen atoms in total. The van der Waals surface area contributed by atoms with Crippen molar-refractivity contribution in [3.8, 4) is 5.75 Å². The maximum atomic E-state index is 12.1. The Kier molecular flexibility index (Phi) is 5.89. The van der Waals surface area contributed by atoms with E-state index in [9.17, 15) is 4.79 Å². The predicted molar refractivity (Wildman–Crippen MR) is 109 cm³/mol. The van der Waals surface area contributed by atoms with Gasteiger partial charge in [0.25, 0.3) is 5.91 Å². The molecule has 136 valence electrons. The molecule has 0 spiro atoms. The van der Waals surface area contributed by atoms with Gasteiger partial charge in [0.2, 0.25) is 0 Å². The van der Waals surface area contributed by atoms with E-state index >= 15 is 0 Å². The number of anilines is 1. The molecule has 0 aromatic heterocycles. The molecular weight excluding hydrogens is 344 g/mol. The summed E-state index contributed by atoms with van der Waals surface area (Å²) in [6.45, 7) is 6.02. The Morgan fingerprint density at radius 1 is 1.12 bits per heavy atom. The Bertz CT molecular complexity index is 796. The van der Waals surface area contributed by atoms with E-state index in [1.165, 1.54) is 12.8 Å². The second-order valence-corrected chi connectivity index (χ2v) is 7.07. The molecule has 1 saturated heterocycles. The quantitative estimate of drug-likeness (QED) is 0.807. The number of hydrogen-bond acceptors (Lipinski definition) is 3. The van der Waals surface area contributed by atoms with Crippen LogP contribution in [-0.4, -0.2) is 35.5 Å². The maximum absolute atomic E-state index is 12.1. The first-order valence-corrected chi connectivity index (χ1v) is 9.33. The van der Waals surface area contributed by atoms with E-state index < -0.39 is 0 Å². The van der Waals surface area contributed by atoms with Gasteiger partial charge in [-0.25, -0.2) is 0 Å². The molecule has 26 heavy (non-hydrogen) atoms. The van der Waals surface area contributed by atoms with Crippen LogP contribution in [0.1, 0.15) is 29.5 Å². The van der Waals surface area contributed by atoms with Crippen LogP contribution in [-0.2, 0) is 4.79 Å². The van der Waals surface area contributed by atoms with Crippen molar-refractivity contribution in [1.29, 1.82) is 0 Å². The van der Waals surface area contributed by atoms with Crippen LogP contribution in [0.3, 0.4) is 0 Å². The number of amides is 1. The molecule has 0 bridgehead atoms. The van der Waals surface area contributed by atoms with Gasteiger partial charge in [-0.05, 0) is 68.1 Å². The standard InChI is InChI=1S/C21H24N2O2S/c1-15-5-6-16(2)19(13-15)22-20(24)14-25-18-9-7-17(8-10-18)21(26)23-11-3-4-12-23/h5-10,13H,3-4,11-12,14H2,1-2H3,(H,22,24). The average Bonchev–Trinajstić information content (AvgIpc) is 3.17. The van der Waals surface area contributed by atoms with E-state index in [2.05, 4.69) is 10.2 Å². The van der Waals surface area contributed by atoms with Crippen molar-refractivity contribution in [3.05, 3.63) is 59.2 Å². The van der Waals surface area contributed by atoms with Crippen LogP contribution in [0.2, 0.25) is 0 Å². The van der Waals surface area contributed by atoms with Gasteiger partial charge in [0.15, 0.2) is 6.61 Å². The highest BCUT2D eigenvalue weighted by molar-refractivity contribution is 7.80. The molecule has 1 heterocycles. The molecule has 2 aromatic carbocycles. The number of carbonyl (C=O) groups excluding carboxylic acids is 1. The van der Waals surface area contributed by atoms with Gasteiger partial charge in [0.05, 0.1) is 0 Å². The summed E-state index contributed by atoms with van der Waals surface area (Å²) < 4.78 is 5.60. The van der Waals surface area contributed by atoms with Crippen molar-refractivity contribution in [3.63, 3.8) is 0 Å². The van der Waals surface area contributed by atoms with Crippen molar-refractivity contribution < 1.29 is 9.53 Å². The minimum atomic E-state index is -0.171. The van der Waals surface area contributed by atoms with Crippen LogP contribution in [0.15, 0.2) is 42.5 Å². The lowest BCUT2D eigenvalue weighted by Gasteiger charge is -2.18. The second kappa shape index (κ2) is 8.32. The molecule has 2 aromatic rings. The zero-order valence-electron chi connectivity index (χ0n) is 15.2. The van der Waals surface area contributed by atoms with E-state index in [4.69, 9.17) is 17.0 Å². The zero-order chi connectivity index (χ0) is 18.5. The highest BCUT2D eigenvalue weighted by Crippen LogP contribution is 2.18. The molecule has 1 aliphatic rings. The summed E-state index contributed by atoms with van der Waals surface area (Å²) in [5, 5.41) is 2.90. The molecule has 1 N–H and O–H groups in total. The van der Waals surface area contributed by atoms with Crippen LogP contribution in [0, 0.1) is 13.8 Å². The minimum Gasteiger partial charge on any atom is -0.484 e. The Balaban J connectivity index is 1.53. The molecule has 5 heteroatoms. The molecule has 0 radical (unpaired) electrons. The normalized spacial score (nSPS) is 13.5. The number of nitrogens with zero attached hydrogens (tertiary/aromatic N) is 1. The third kappa shape index (κ3) is 4.61. The van der Waals surface area contributed by atoms with Crippen LogP contribution < -0.4 is 10.1 Å². The van der Waals surface area contributed by atoms with Crippen molar-refractivity contribution in [2.75, 3.05) is 25.0 Å². The number of rotatable bonds is 5. The number of likely N-dealkylation sites (tertiary alicyclic amines) is 1. The molecule has 0 saturated carbocycles. The third-order valence-corrected chi connectivity index (χ3v) is 5.03. The summed E-state index contributed by atoms with van der Waals surface area (Å²) in [7, 11) is 0. The number of hydrogen-bond donors (Lipinski definition) is 1. The highest BCUT2D eigenvalue weighted by Gasteiger charge is 2.16. The van der Waals surface area contributed by atoms with Crippen molar-refractivity contribution in [1.82, 2.24) is 4.90 Å². The molecule has 1 aliphatic heterocycles. The molecule has 0 aliphatic carbocycles. The van der Waals surface area contributed by atoms with Gasteiger partial charge in [-0.2, -0.15) is 0 Å². The van der Waals surface area contributed by atoms with Gasteiger partial charge >= 0.3 is 0 Å². The number of benzene rings is 2. The lowest BCUT2D eigenvalue weighted by atomic mass is 10.1. The lowest BCUT2D eigenvalue weighted by Crippen LogP contribution is -2.26. The number of nitrogens with one attached hydrogen (secondary N) is 1. The largest absolute Gasteiger partial charge is 0.484 e. The second-order valence-electron chi connectivity index (χ2n) is 6.68. The van der Waals surface area contributed by atoms with E-state index in [-0.39, 0.29) is 12.5 Å². The summed E-state index contributed by atoms with van der Waals surface area (Å²) in [6.07, 6.45) is 2.41. The van der Waals surface area contributed by atoms with Gasteiger partial charge < -0.3 is 15.0 Å². The number of aryl methyl sites for hydroxylation is 2. The average molecular weight is 369 g/mol. The van der Waals surface area contributed by atoms with Gasteiger partial charge in [0.1, 0.15) is 10.7 Å². The highest BCUT2D eigenvalue weighted by atomic mass is 32.1. The van der Waals surface area contributed by atoms with E-state index in [0.29, 0.717) is 5.75 Å². The van der Waals surface area contributed by atoms with E-state index in [0.717, 1.165) is 40.5 Å². The SMILES string of the molecule is Cc1ccc(C)c(NC(=O)COc2ccc(C(=S)N3CCCC3)cc2)c1. The van der Waals surface area contributed by atoms with Gasteiger partial charge in [-0.15, -0.1) is 0 Å². The van der Waals surface area contributed by atoms with Crippen molar-refractivity contribution in [2.24, 2.45) is 0 Å². The Morgan fingerprint density at radius 2 is 1.81 bits per heavy atom. The van der Waals surface area contributed by atoms with Crippen molar-refractivity contribution >= 4 is 28.8 Å². The summed E-state index contributed by atoms with van der Waals surface area (Å²) in [6, 6.07) is 13.6. The fourth-order valence-corrected chi connectivity index (χ4v) is 3.32. The number of thiocarbonyl (C=S) groups is 1. The lowest BCUT2D eigenvalue weighted by molar-refractivity contribution is -0.118. The van der Waals surface area contributed by atoms with Crippen molar-refractivity contribution in [2.45, 2.75) is 26.7 Å². The molecular formula is C21H24N2O2S. The molecule has 1 amide bonds. The molecule has 0 atom stereocenters. The van der Waals surface area contributed by atoms with Crippen LogP contribution in [0.4, 0.5) is 5.69 Å². The molecule has 1 fully saturated rings. The Labute approximate surface area is 160 Å². The maximum Gasteiger partial charge on any atom is 0.262 e. The van der Waals surface area contributed by atoms with Crippen LogP contribution >= 0.6 is 12.2 Å². The summed E-state index contributed by atoms with van der Waals surface area (Å²) in [4.78, 5) is 15.3. The van der Waals surface area contributed by atoms with Gasteiger partial charge in [-0.1, -0.05) is 24.4 Å². The third-order valence-electron chi connectivity index (χ3n) is 4.53. The number of ether oxygens (including phenoxy) is 1. The smallest absolute Gasteiger partial charge is 0.262 e. The topological polar surface area (TPSA) is 41.6 Å². The van der Waals surface area contributed by atoms with Gasteiger partial charge in [-0.3, -0.25) is 4.79 Å². The predicted octanol–water partition coefficient (Wildman–Crippen LogP) is 4.09. The first-order valence-electron chi connectivity index (χ1n) is 8.92. The summed E-state index contributed by atoms with van der Waals surface area (Å²) in [5.74, 6) is 0.490. The summed E-state index contributed by atoms with van der Waals surface area (Å²) >= 11 is 5.55. The first-order chi connectivity index (χ1) is 12.5. The Morgan fingerprint density at radius 3 is 2.50 bits per heavy atom. The minimum absolute atomic E-state index is 0.0245. The first kappa shape index (κ1) is 18.4. The van der Waals surface area contributed by atoms with Crippen LogP contribution in [0.5, 0.6) is 5.75 Å². The zero-order valence-corrected chi connectivity index (χ0v) is 16.1. The fourth-order valence-electron chi connectivity index (χ4n) is 3.00.